The first kappa shape index (κ1) is 35.6. The number of nitrogens with one attached hydrogen (secondary N) is 2. The molecule has 0 saturated heterocycles. The number of pyridine rings is 2. The van der Waals surface area contributed by atoms with Crippen LogP contribution in [0.1, 0.15) is 56.4 Å². The lowest BCUT2D eigenvalue weighted by atomic mass is 9.85. The number of aromatic nitrogens is 2. The highest BCUT2D eigenvalue weighted by Crippen LogP contribution is 2.42. The summed E-state index contributed by atoms with van der Waals surface area (Å²) in [5.41, 5.74) is 1.38. The molecule has 0 aliphatic carbocycles. The molecule has 2 atom stereocenters. The normalized spacial score (nSPS) is 16.7. The van der Waals surface area contributed by atoms with E-state index in [1.54, 1.807) is 49.6 Å². The number of aliphatic hydroxyl groups is 1. The van der Waals surface area contributed by atoms with Gasteiger partial charge in [-0.05, 0) is 60.5 Å². The van der Waals surface area contributed by atoms with Crippen molar-refractivity contribution in [1.29, 1.82) is 0 Å². The van der Waals surface area contributed by atoms with Gasteiger partial charge in [0.25, 0.3) is 11.5 Å². The second-order valence-corrected chi connectivity index (χ2v) is 12.7. The van der Waals surface area contributed by atoms with Gasteiger partial charge in [0.05, 0.1) is 35.1 Å². The Balaban J connectivity index is 1.36. The fraction of sp³-hybridized carbons (Fsp3) is 0.455. The predicted octanol–water partition coefficient (Wildman–Crippen LogP) is 2.38. The Morgan fingerprint density at radius 3 is 2.57 bits per heavy atom. The first-order chi connectivity index (χ1) is 23.4. The fourth-order valence-electron chi connectivity index (χ4n) is 6.07. The van der Waals surface area contributed by atoms with Crippen molar-refractivity contribution in [1.82, 2.24) is 19.6 Å². The quantitative estimate of drug-likeness (QED) is 0.0901. The molecule has 0 radical (unpaired) electrons. The molecule has 0 saturated carbocycles. The van der Waals surface area contributed by atoms with Crippen LogP contribution >= 0.6 is 11.9 Å². The molecule has 5 rings (SSSR count). The molecule has 2 amide bonds. The van der Waals surface area contributed by atoms with Gasteiger partial charge in [-0.2, -0.15) is 0 Å². The van der Waals surface area contributed by atoms with E-state index >= 15 is 0 Å². The summed E-state index contributed by atoms with van der Waals surface area (Å²) in [5.74, 6) is -2.36. The Kier molecular flexibility index (Phi) is 10.8. The van der Waals surface area contributed by atoms with Gasteiger partial charge in [-0.15, -0.1) is 0 Å². The molecular weight excluding hydrogens is 660 g/mol. The highest BCUT2D eigenvalue weighted by molar-refractivity contribution is 7.97. The third-order valence-electron chi connectivity index (χ3n) is 8.62. The molecular formula is C33H38N4O11S. The van der Waals surface area contributed by atoms with Crippen LogP contribution < -0.4 is 15.6 Å². The number of carbonyl (C=O) groups is 4. The lowest BCUT2D eigenvalue weighted by molar-refractivity contribution is -0.175. The monoisotopic (exact) mass is 698 g/mol. The number of aryl methyl sites for hydroxylation is 1. The minimum atomic E-state index is -1.99. The molecule has 4 heterocycles. The van der Waals surface area contributed by atoms with Crippen molar-refractivity contribution in [2.24, 2.45) is 5.92 Å². The highest BCUT2D eigenvalue weighted by atomic mass is 32.2. The summed E-state index contributed by atoms with van der Waals surface area (Å²) in [5, 5.41) is 22.3. The molecule has 0 spiro atoms. The number of carbonyl (C=O) groups excluding carboxylic acids is 4. The molecule has 0 fully saturated rings. The average molecular weight is 699 g/mol. The van der Waals surface area contributed by atoms with Crippen LogP contribution in [-0.4, -0.2) is 75.5 Å². The molecule has 2 aliphatic heterocycles. The van der Waals surface area contributed by atoms with Gasteiger partial charge >= 0.3 is 12.1 Å². The third-order valence-corrected chi connectivity index (χ3v) is 9.12. The van der Waals surface area contributed by atoms with Crippen LogP contribution in [0.4, 0.5) is 4.79 Å². The maximum atomic E-state index is 13.9. The molecule has 16 heteroatoms. The van der Waals surface area contributed by atoms with Gasteiger partial charge in [0, 0.05) is 16.5 Å². The van der Waals surface area contributed by atoms with Gasteiger partial charge in [0.1, 0.15) is 38.1 Å². The number of benzene rings is 1. The second-order valence-electron chi connectivity index (χ2n) is 11.9. The molecule has 1 aromatic carbocycles. The number of fused-ring (bicyclic) bond motifs is 5. The van der Waals surface area contributed by atoms with Crippen LogP contribution in [-0.2, 0) is 58.5 Å². The number of cyclic esters (lactones) is 1. The summed E-state index contributed by atoms with van der Waals surface area (Å²) < 4.78 is 25.5. The van der Waals surface area contributed by atoms with E-state index < -0.39 is 54.4 Å². The molecule has 262 valence electrons. The number of ether oxygens (including phenoxy) is 4. The smallest absolute Gasteiger partial charge is 0.508 e. The molecule has 0 bridgehead atoms. The topological polar surface area (TPSA) is 205 Å². The van der Waals surface area contributed by atoms with E-state index in [-0.39, 0.29) is 54.9 Å². The number of aromatic hydroxyl groups is 1. The maximum absolute atomic E-state index is 13.9. The number of phenols is 1. The standard InChI is InChI=1S/C33H38N4O11S/c1-5-19-20-9-18(39)7-8-24(20)35-29-21(19)11-37-26(29)10-23-22(30(37)42)12-46-31(43)33(23,6-2)48-32(44)47-13-25(17(3)4)34-27(40)14-45-15-28(41)36-49-16-38/h7-10,17,25,38-39H,5-6,11-16H2,1-4H3,(H,34,40)(H,36,41). The van der Waals surface area contributed by atoms with Crippen molar-refractivity contribution in [2.75, 3.05) is 25.8 Å². The summed E-state index contributed by atoms with van der Waals surface area (Å²) >= 11 is 0.774. The zero-order valence-corrected chi connectivity index (χ0v) is 28.3. The molecule has 49 heavy (non-hydrogen) atoms. The Morgan fingerprint density at radius 1 is 1.12 bits per heavy atom. The maximum Gasteiger partial charge on any atom is 0.509 e. The van der Waals surface area contributed by atoms with Crippen LogP contribution in [0, 0.1) is 5.92 Å². The van der Waals surface area contributed by atoms with Crippen LogP contribution in [0.3, 0.4) is 0 Å². The largest absolute Gasteiger partial charge is 0.509 e. The molecule has 2 unspecified atom stereocenters. The summed E-state index contributed by atoms with van der Waals surface area (Å²) in [6, 6.07) is 5.87. The lowest BCUT2D eigenvalue weighted by Crippen LogP contribution is -2.48. The van der Waals surface area contributed by atoms with E-state index in [0.717, 1.165) is 28.5 Å². The van der Waals surface area contributed by atoms with Gasteiger partial charge in [-0.3, -0.25) is 19.1 Å². The zero-order chi connectivity index (χ0) is 35.5. The van der Waals surface area contributed by atoms with Gasteiger partial charge < -0.3 is 39.0 Å². The number of esters is 1. The van der Waals surface area contributed by atoms with Crippen molar-refractivity contribution in [3.05, 3.63) is 56.9 Å². The van der Waals surface area contributed by atoms with Crippen LogP contribution in [0.2, 0.25) is 0 Å². The van der Waals surface area contributed by atoms with Gasteiger partial charge in [0.2, 0.25) is 11.5 Å². The molecule has 2 aromatic heterocycles. The van der Waals surface area contributed by atoms with E-state index in [2.05, 4.69) is 10.0 Å². The summed E-state index contributed by atoms with van der Waals surface area (Å²) in [4.78, 5) is 69.3. The number of hydrogen-bond donors (Lipinski definition) is 4. The summed E-state index contributed by atoms with van der Waals surface area (Å²) in [6.45, 7) is 5.95. The number of rotatable bonds is 13. The first-order valence-electron chi connectivity index (χ1n) is 15.8. The lowest BCUT2D eigenvalue weighted by Gasteiger charge is -2.35. The predicted molar refractivity (Wildman–Crippen MR) is 176 cm³/mol. The molecule has 15 nitrogen and oxygen atoms in total. The van der Waals surface area contributed by atoms with Crippen molar-refractivity contribution in [3.8, 4) is 17.1 Å². The minimum Gasteiger partial charge on any atom is -0.508 e. The van der Waals surface area contributed by atoms with Crippen molar-refractivity contribution < 1.29 is 48.3 Å². The van der Waals surface area contributed by atoms with E-state index in [4.69, 9.17) is 29.0 Å². The number of hydrogen-bond acceptors (Lipinski definition) is 13. The SMILES string of the molecule is CCc1c2c(nc3ccc(O)cc13)-c1cc3c(c(=O)n1C2)COC(=O)C3(CC)OC(=O)OCC(NC(=O)COCC(=O)NSCO)C(C)C. The Morgan fingerprint density at radius 2 is 1.88 bits per heavy atom. The fourth-order valence-corrected chi connectivity index (χ4v) is 6.35. The Labute approximate surface area is 285 Å². The number of nitrogens with zero attached hydrogens (tertiary/aromatic N) is 2. The third kappa shape index (κ3) is 7.07. The summed E-state index contributed by atoms with van der Waals surface area (Å²) in [7, 11) is 0. The number of phenolic OH excluding ortho intramolecular Hbond substituents is 1. The van der Waals surface area contributed by atoms with E-state index in [1.165, 1.54) is 0 Å². The van der Waals surface area contributed by atoms with Crippen LogP contribution in [0.15, 0.2) is 29.1 Å². The van der Waals surface area contributed by atoms with Crippen molar-refractivity contribution in [2.45, 2.75) is 65.3 Å². The number of amides is 2. The van der Waals surface area contributed by atoms with E-state index in [9.17, 15) is 29.1 Å². The molecule has 3 aromatic rings. The molecule has 2 aliphatic rings. The van der Waals surface area contributed by atoms with Gasteiger partial charge in [-0.1, -0.05) is 27.7 Å². The first-order valence-corrected chi connectivity index (χ1v) is 16.8. The molecule has 4 N–H and O–H groups in total. The van der Waals surface area contributed by atoms with Crippen molar-refractivity contribution >= 4 is 46.8 Å². The van der Waals surface area contributed by atoms with Crippen molar-refractivity contribution in [3.63, 3.8) is 0 Å². The van der Waals surface area contributed by atoms with E-state index in [0.29, 0.717) is 23.3 Å². The van der Waals surface area contributed by atoms with Gasteiger partial charge in [-0.25, -0.2) is 14.6 Å². The van der Waals surface area contributed by atoms with E-state index in [1.807, 2.05) is 6.92 Å². The average Bonchev–Trinajstić information content (AvgIpc) is 3.44. The highest BCUT2D eigenvalue weighted by Gasteiger charge is 2.51. The Hall–Kier alpha value is -4.67. The van der Waals surface area contributed by atoms with Gasteiger partial charge in [0.15, 0.2) is 0 Å². The second kappa shape index (κ2) is 14.8. The Bertz CT molecular complexity index is 1860. The van der Waals surface area contributed by atoms with Crippen LogP contribution in [0.25, 0.3) is 22.3 Å². The zero-order valence-electron chi connectivity index (χ0n) is 27.5. The minimum absolute atomic E-state index is 0.0691. The summed E-state index contributed by atoms with van der Waals surface area (Å²) in [6.07, 6.45) is -0.658. The number of aliphatic hydroxyl groups excluding tert-OH is 1. The van der Waals surface area contributed by atoms with Crippen LogP contribution in [0.5, 0.6) is 5.75 Å².